The molecule has 2 rings (SSSR count). The van der Waals surface area contributed by atoms with E-state index in [1.807, 2.05) is 6.92 Å². The van der Waals surface area contributed by atoms with Crippen LogP contribution in [0.2, 0.25) is 0 Å². The monoisotopic (exact) mass is 327 g/mol. The average Bonchev–Trinajstić information content (AvgIpc) is 2.46. The molecule has 0 bridgehead atoms. The lowest BCUT2D eigenvalue weighted by atomic mass is 10.1. The van der Waals surface area contributed by atoms with Crippen LogP contribution in [0, 0.1) is 0 Å². The van der Waals surface area contributed by atoms with Crippen LogP contribution in [-0.4, -0.2) is 21.8 Å². The van der Waals surface area contributed by atoms with Crippen molar-refractivity contribution < 1.29 is 23.1 Å². The van der Waals surface area contributed by atoms with E-state index < -0.39 is 17.7 Å². The van der Waals surface area contributed by atoms with Gasteiger partial charge < -0.3 is 5.11 Å². The van der Waals surface area contributed by atoms with E-state index in [0.29, 0.717) is 21.8 Å². The Bertz CT molecular complexity index is 684. The van der Waals surface area contributed by atoms with Crippen LogP contribution in [0.1, 0.15) is 23.0 Å². The zero-order valence-corrected chi connectivity index (χ0v) is 12.3. The molecule has 0 fully saturated rings. The average molecular weight is 327 g/mol. The number of hydrogen-bond donors (Lipinski definition) is 1. The van der Waals surface area contributed by atoms with Gasteiger partial charge in [0.25, 0.3) is 0 Å². The SMILES string of the molecule is CCSc1cc(-c2ccc(C(F)(F)F)cc2)cnc1C(=O)O. The Morgan fingerprint density at radius 1 is 1.23 bits per heavy atom. The molecular formula is C15H12F3NO2S. The second-order valence-electron chi connectivity index (χ2n) is 4.38. The van der Waals surface area contributed by atoms with Gasteiger partial charge >= 0.3 is 12.1 Å². The molecule has 1 aromatic heterocycles. The zero-order valence-electron chi connectivity index (χ0n) is 11.5. The van der Waals surface area contributed by atoms with Crippen LogP contribution in [0.15, 0.2) is 41.4 Å². The highest BCUT2D eigenvalue weighted by molar-refractivity contribution is 7.99. The molecule has 0 spiro atoms. The molecule has 0 unspecified atom stereocenters. The molecule has 0 atom stereocenters. The largest absolute Gasteiger partial charge is 0.476 e. The predicted octanol–water partition coefficient (Wildman–Crippen LogP) is 4.58. The number of benzene rings is 1. The second kappa shape index (κ2) is 6.39. The molecule has 3 nitrogen and oxygen atoms in total. The van der Waals surface area contributed by atoms with Crippen molar-refractivity contribution in [3.8, 4) is 11.1 Å². The number of pyridine rings is 1. The number of alkyl halides is 3. The summed E-state index contributed by atoms with van der Waals surface area (Å²) in [5.41, 5.74) is 0.349. The van der Waals surface area contributed by atoms with Crippen molar-refractivity contribution in [3.05, 3.63) is 47.8 Å². The van der Waals surface area contributed by atoms with Crippen LogP contribution in [0.5, 0.6) is 0 Å². The molecule has 2 aromatic rings. The summed E-state index contributed by atoms with van der Waals surface area (Å²) in [5, 5.41) is 9.08. The second-order valence-corrected chi connectivity index (χ2v) is 5.69. The van der Waals surface area contributed by atoms with Crippen LogP contribution in [-0.2, 0) is 6.18 Å². The van der Waals surface area contributed by atoms with Crippen molar-refractivity contribution >= 4 is 17.7 Å². The van der Waals surface area contributed by atoms with Gasteiger partial charge in [0.1, 0.15) is 0 Å². The third kappa shape index (κ3) is 3.59. The van der Waals surface area contributed by atoms with Crippen LogP contribution in [0.3, 0.4) is 0 Å². The summed E-state index contributed by atoms with van der Waals surface area (Å²) in [6.45, 7) is 1.88. The number of hydrogen-bond acceptors (Lipinski definition) is 3. The van der Waals surface area contributed by atoms with Crippen molar-refractivity contribution in [2.24, 2.45) is 0 Å². The number of carbonyl (C=O) groups is 1. The maximum absolute atomic E-state index is 12.5. The number of thioether (sulfide) groups is 1. The predicted molar refractivity (Wildman–Crippen MR) is 78.0 cm³/mol. The standard InChI is InChI=1S/C15H12F3NO2S/c1-2-22-12-7-10(8-19-13(12)14(20)21)9-3-5-11(6-4-9)15(16,17)18/h3-8H,2H2,1H3,(H,20,21). The highest BCUT2D eigenvalue weighted by Crippen LogP contribution is 2.32. The van der Waals surface area contributed by atoms with Crippen LogP contribution >= 0.6 is 11.8 Å². The number of carboxylic acids is 1. The number of nitrogens with zero attached hydrogens (tertiary/aromatic N) is 1. The van der Waals surface area contributed by atoms with E-state index in [4.69, 9.17) is 5.11 Å². The maximum atomic E-state index is 12.5. The van der Waals surface area contributed by atoms with Gasteiger partial charge in [-0.2, -0.15) is 13.2 Å². The van der Waals surface area contributed by atoms with Crippen LogP contribution in [0.25, 0.3) is 11.1 Å². The molecule has 116 valence electrons. The Labute approximate surface area is 129 Å². The van der Waals surface area contributed by atoms with Crippen molar-refractivity contribution in [2.45, 2.75) is 18.0 Å². The van der Waals surface area contributed by atoms with E-state index in [-0.39, 0.29) is 5.69 Å². The summed E-state index contributed by atoms with van der Waals surface area (Å²) < 4.78 is 37.6. The van der Waals surface area contributed by atoms with Crippen LogP contribution < -0.4 is 0 Å². The molecule has 0 aliphatic carbocycles. The molecule has 22 heavy (non-hydrogen) atoms. The molecule has 1 N–H and O–H groups in total. The molecule has 1 aromatic carbocycles. The third-order valence-electron chi connectivity index (χ3n) is 2.90. The first-order valence-corrected chi connectivity index (χ1v) is 7.35. The smallest absolute Gasteiger partial charge is 0.416 e. The van der Waals surface area contributed by atoms with Gasteiger partial charge in [-0.3, -0.25) is 0 Å². The zero-order chi connectivity index (χ0) is 16.3. The fourth-order valence-corrected chi connectivity index (χ4v) is 2.68. The molecule has 0 amide bonds. The normalized spacial score (nSPS) is 11.5. The van der Waals surface area contributed by atoms with Crippen LogP contribution in [0.4, 0.5) is 13.2 Å². The summed E-state index contributed by atoms with van der Waals surface area (Å²) >= 11 is 1.32. The summed E-state index contributed by atoms with van der Waals surface area (Å²) in [7, 11) is 0. The molecule has 0 saturated heterocycles. The van der Waals surface area contributed by atoms with Gasteiger partial charge in [0.2, 0.25) is 0 Å². The Morgan fingerprint density at radius 2 is 1.86 bits per heavy atom. The van der Waals surface area contributed by atoms with E-state index in [9.17, 15) is 18.0 Å². The fourth-order valence-electron chi connectivity index (χ4n) is 1.88. The summed E-state index contributed by atoms with van der Waals surface area (Å²) in [4.78, 5) is 15.5. The minimum atomic E-state index is -4.38. The lowest BCUT2D eigenvalue weighted by molar-refractivity contribution is -0.137. The van der Waals surface area contributed by atoms with Gasteiger partial charge in [-0.15, -0.1) is 11.8 Å². The van der Waals surface area contributed by atoms with Gasteiger partial charge in [-0.25, -0.2) is 9.78 Å². The number of aromatic nitrogens is 1. The Morgan fingerprint density at radius 3 is 2.36 bits per heavy atom. The van der Waals surface area contributed by atoms with Gasteiger partial charge in [0, 0.05) is 16.7 Å². The van der Waals surface area contributed by atoms with E-state index >= 15 is 0 Å². The van der Waals surface area contributed by atoms with E-state index in [1.54, 1.807) is 6.07 Å². The van der Waals surface area contributed by atoms with E-state index in [0.717, 1.165) is 12.1 Å². The third-order valence-corrected chi connectivity index (χ3v) is 3.81. The molecule has 7 heteroatoms. The Hall–Kier alpha value is -2.02. The van der Waals surface area contributed by atoms with Crippen molar-refractivity contribution in [3.63, 3.8) is 0 Å². The summed E-state index contributed by atoms with van der Waals surface area (Å²) in [5.74, 6) is -0.465. The minimum Gasteiger partial charge on any atom is -0.476 e. The van der Waals surface area contributed by atoms with Crippen molar-refractivity contribution in [1.82, 2.24) is 4.98 Å². The van der Waals surface area contributed by atoms with Gasteiger partial charge in [0.05, 0.1) is 5.56 Å². The quantitative estimate of drug-likeness (QED) is 0.835. The van der Waals surface area contributed by atoms with Gasteiger partial charge in [-0.1, -0.05) is 19.1 Å². The topological polar surface area (TPSA) is 50.2 Å². The molecule has 0 aliphatic heterocycles. The molecule has 0 saturated carbocycles. The Kier molecular flexibility index (Phi) is 4.75. The molecule has 0 radical (unpaired) electrons. The number of carboxylic acid groups (broad SMARTS) is 1. The Balaban J connectivity index is 2.40. The van der Waals surface area contributed by atoms with Gasteiger partial charge in [0.15, 0.2) is 5.69 Å². The van der Waals surface area contributed by atoms with Gasteiger partial charge in [-0.05, 0) is 29.5 Å². The highest BCUT2D eigenvalue weighted by atomic mass is 32.2. The number of aromatic carboxylic acids is 1. The first-order valence-electron chi connectivity index (χ1n) is 6.36. The fraction of sp³-hybridized carbons (Fsp3) is 0.200. The van der Waals surface area contributed by atoms with E-state index in [1.165, 1.54) is 30.1 Å². The van der Waals surface area contributed by atoms with Crippen molar-refractivity contribution in [2.75, 3.05) is 5.75 Å². The number of rotatable bonds is 4. The first kappa shape index (κ1) is 16.4. The molecular weight excluding hydrogens is 315 g/mol. The maximum Gasteiger partial charge on any atom is 0.416 e. The van der Waals surface area contributed by atoms with Crippen molar-refractivity contribution in [1.29, 1.82) is 0 Å². The lowest BCUT2D eigenvalue weighted by Gasteiger charge is -2.09. The number of halogens is 3. The molecule has 1 heterocycles. The molecule has 0 aliphatic rings. The highest BCUT2D eigenvalue weighted by Gasteiger charge is 2.30. The first-order chi connectivity index (χ1) is 10.3. The summed E-state index contributed by atoms with van der Waals surface area (Å²) in [6, 6.07) is 6.31. The lowest BCUT2D eigenvalue weighted by Crippen LogP contribution is -2.04. The minimum absolute atomic E-state index is 0.0532. The summed E-state index contributed by atoms with van der Waals surface area (Å²) in [6.07, 6.45) is -3.03. The van der Waals surface area contributed by atoms with E-state index in [2.05, 4.69) is 4.98 Å².